The van der Waals surface area contributed by atoms with Gasteiger partial charge in [-0.15, -0.1) is 0 Å². The van der Waals surface area contributed by atoms with E-state index in [0.29, 0.717) is 18.8 Å². The second-order valence-corrected chi connectivity index (χ2v) is 7.59. The summed E-state index contributed by atoms with van der Waals surface area (Å²) in [5, 5.41) is 11.6. The number of hydrogen-bond acceptors (Lipinski definition) is 3. The topological polar surface area (TPSA) is 36.4 Å². The van der Waals surface area contributed by atoms with Crippen LogP contribution in [0.4, 0.5) is 19.0 Å². The Morgan fingerprint density at radius 2 is 1.78 bits per heavy atom. The van der Waals surface area contributed by atoms with Gasteiger partial charge in [0.25, 0.3) is 0 Å². The maximum atomic E-state index is 12.8. The molecule has 1 aliphatic heterocycles. The van der Waals surface area contributed by atoms with E-state index < -0.39 is 17.3 Å². The lowest BCUT2D eigenvalue weighted by Crippen LogP contribution is -2.57. The monoisotopic (exact) mass is 376 g/mol. The molecule has 2 heterocycles. The molecule has 1 unspecified atom stereocenters. The van der Waals surface area contributed by atoms with Crippen LogP contribution in [0.5, 0.6) is 0 Å². The molecule has 1 saturated carbocycles. The van der Waals surface area contributed by atoms with Crippen molar-refractivity contribution in [2.45, 2.75) is 49.9 Å². The number of piperidine rings is 1. The zero-order valence-electron chi connectivity index (χ0n) is 15.0. The molecule has 1 aliphatic carbocycles. The first-order valence-corrected chi connectivity index (χ1v) is 9.47. The lowest BCUT2D eigenvalue weighted by atomic mass is 9.66. The summed E-state index contributed by atoms with van der Waals surface area (Å²) in [6.07, 6.45) is 1.02. The Kier molecular flexibility index (Phi) is 4.62. The van der Waals surface area contributed by atoms with E-state index in [-0.39, 0.29) is 12.0 Å². The van der Waals surface area contributed by atoms with E-state index in [9.17, 15) is 18.3 Å². The first kappa shape index (κ1) is 18.3. The van der Waals surface area contributed by atoms with E-state index in [1.54, 1.807) is 0 Å². The van der Waals surface area contributed by atoms with Crippen LogP contribution in [0.2, 0.25) is 0 Å². The van der Waals surface area contributed by atoms with Crippen LogP contribution in [0.25, 0.3) is 0 Å². The van der Waals surface area contributed by atoms with Crippen LogP contribution in [0.15, 0.2) is 48.7 Å². The van der Waals surface area contributed by atoms with Gasteiger partial charge in [-0.25, -0.2) is 4.98 Å². The van der Waals surface area contributed by atoms with Crippen molar-refractivity contribution >= 4 is 5.82 Å². The number of aliphatic hydroxyl groups is 1. The van der Waals surface area contributed by atoms with Crippen molar-refractivity contribution in [1.29, 1.82) is 0 Å². The largest absolute Gasteiger partial charge is 0.417 e. The van der Waals surface area contributed by atoms with Crippen molar-refractivity contribution in [2.75, 3.05) is 11.4 Å². The van der Waals surface area contributed by atoms with E-state index >= 15 is 0 Å². The van der Waals surface area contributed by atoms with E-state index in [0.717, 1.165) is 43.5 Å². The summed E-state index contributed by atoms with van der Waals surface area (Å²) < 4.78 is 38.5. The first-order valence-electron chi connectivity index (χ1n) is 9.47. The zero-order valence-corrected chi connectivity index (χ0v) is 15.0. The lowest BCUT2D eigenvalue weighted by Gasteiger charge is -2.53. The average Bonchev–Trinajstić information content (AvgIpc) is 2.69. The SMILES string of the molecule is O[C@@]1(c2ccccc2)CCN(c2ccc(C(F)(F)F)cn2)C2CCCC[C@H]21. The Bertz CT molecular complexity index is 778. The van der Waals surface area contributed by atoms with Crippen molar-refractivity contribution < 1.29 is 18.3 Å². The van der Waals surface area contributed by atoms with Crippen molar-refractivity contribution in [3.8, 4) is 0 Å². The normalized spacial score (nSPS) is 28.7. The number of halogens is 3. The quantitative estimate of drug-likeness (QED) is 0.821. The summed E-state index contributed by atoms with van der Waals surface area (Å²) in [4.78, 5) is 6.20. The van der Waals surface area contributed by atoms with Gasteiger partial charge < -0.3 is 10.0 Å². The third-order valence-electron chi connectivity index (χ3n) is 6.12. The highest BCUT2D eigenvalue weighted by Gasteiger charge is 2.49. The van der Waals surface area contributed by atoms with Crippen LogP contribution >= 0.6 is 0 Å². The van der Waals surface area contributed by atoms with Gasteiger partial charge in [0.05, 0.1) is 11.2 Å². The number of nitrogens with zero attached hydrogens (tertiary/aromatic N) is 2. The summed E-state index contributed by atoms with van der Waals surface area (Å²) in [6, 6.07) is 12.4. The molecular weight excluding hydrogens is 353 g/mol. The van der Waals surface area contributed by atoms with Gasteiger partial charge in [-0.2, -0.15) is 13.2 Å². The Balaban J connectivity index is 1.64. The number of anilines is 1. The number of alkyl halides is 3. The molecule has 4 rings (SSSR count). The smallest absolute Gasteiger partial charge is 0.385 e. The van der Waals surface area contributed by atoms with Gasteiger partial charge in [0.1, 0.15) is 5.82 Å². The van der Waals surface area contributed by atoms with Crippen LogP contribution < -0.4 is 4.90 Å². The molecule has 0 radical (unpaired) electrons. The summed E-state index contributed by atoms with van der Waals surface area (Å²) in [6.45, 7) is 0.574. The van der Waals surface area contributed by atoms with Gasteiger partial charge in [0.15, 0.2) is 0 Å². The molecule has 2 fully saturated rings. The van der Waals surface area contributed by atoms with E-state index in [1.807, 2.05) is 30.3 Å². The molecule has 3 atom stereocenters. The summed E-state index contributed by atoms with van der Waals surface area (Å²) >= 11 is 0. The predicted molar refractivity (Wildman–Crippen MR) is 97.3 cm³/mol. The zero-order chi connectivity index (χ0) is 19.1. The number of hydrogen-bond donors (Lipinski definition) is 1. The first-order chi connectivity index (χ1) is 12.9. The number of aromatic nitrogens is 1. The molecule has 144 valence electrons. The Hall–Kier alpha value is -2.08. The second-order valence-electron chi connectivity index (χ2n) is 7.59. The van der Waals surface area contributed by atoms with Crippen LogP contribution in [0.1, 0.15) is 43.2 Å². The van der Waals surface area contributed by atoms with Crippen LogP contribution in [-0.4, -0.2) is 22.7 Å². The average molecular weight is 376 g/mol. The van der Waals surface area contributed by atoms with Crippen molar-refractivity contribution in [3.05, 3.63) is 59.8 Å². The molecule has 0 bridgehead atoms. The van der Waals surface area contributed by atoms with Gasteiger partial charge in [-0.05, 0) is 37.0 Å². The number of pyridine rings is 1. The molecule has 3 nitrogen and oxygen atoms in total. The van der Waals surface area contributed by atoms with Crippen molar-refractivity contribution in [3.63, 3.8) is 0 Å². The van der Waals surface area contributed by atoms with Gasteiger partial charge in [-0.1, -0.05) is 43.2 Å². The lowest BCUT2D eigenvalue weighted by molar-refractivity contribution is -0.137. The highest BCUT2D eigenvalue weighted by Crippen LogP contribution is 2.47. The Labute approximate surface area is 156 Å². The minimum absolute atomic E-state index is 0.0477. The maximum Gasteiger partial charge on any atom is 0.417 e. The number of benzene rings is 1. The molecule has 0 amide bonds. The standard InChI is InChI=1S/C21H23F3N2O/c22-21(23,24)16-10-11-19(25-14-16)26-13-12-20(27,15-6-2-1-3-7-15)17-8-4-5-9-18(17)26/h1-3,6-7,10-11,14,17-18,27H,4-5,8-9,12-13H2/t17-,18?,20-/m1/s1. The molecular formula is C21H23F3N2O. The number of rotatable bonds is 2. The molecule has 27 heavy (non-hydrogen) atoms. The third kappa shape index (κ3) is 3.31. The molecule has 2 aliphatic rings. The summed E-state index contributed by atoms with van der Waals surface area (Å²) in [5.74, 6) is 0.613. The van der Waals surface area contributed by atoms with Gasteiger partial charge in [0, 0.05) is 24.7 Å². The maximum absolute atomic E-state index is 12.8. The summed E-state index contributed by atoms with van der Waals surface area (Å²) in [5.41, 5.74) is -0.694. The molecule has 6 heteroatoms. The highest BCUT2D eigenvalue weighted by atomic mass is 19.4. The fraction of sp³-hybridized carbons (Fsp3) is 0.476. The molecule has 1 aromatic heterocycles. The Morgan fingerprint density at radius 3 is 2.44 bits per heavy atom. The number of fused-ring (bicyclic) bond motifs is 1. The van der Waals surface area contributed by atoms with Gasteiger partial charge >= 0.3 is 6.18 Å². The second kappa shape index (κ2) is 6.82. The van der Waals surface area contributed by atoms with Gasteiger partial charge in [0.2, 0.25) is 0 Å². The molecule has 1 saturated heterocycles. The predicted octanol–water partition coefficient (Wildman–Crippen LogP) is 4.76. The van der Waals surface area contributed by atoms with Gasteiger partial charge in [-0.3, -0.25) is 0 Å². The molecule has 1 N–H and O–H groups in total. The van der Waals surface area contributed by atoms with Crippen molar-refractivity contribution in [2.24, 2.45) is 5.92 Å². The Morgan fingerprint density at radius 1 is 1.04 bits per heavy atom. The van der Waals surface area contributed by atoms with E-state index in [2.05, 4.69) is 9.88 Å². The van der Waals surface area contributed by atoms with Crippen molar-refractivity contribution in [1.82, 2.24) is 4.98 Å². The minimum Gasteiger partial charge on any atom is -0.385 e. The fourth-order valence-corrected chi connectivity index (χ4v) is 4.78. The van der Waals surface area contributed by atoms with E-state index in [4.69, 9.17) is 0 Å². The summed E-state index contributed by atoms with van der Waals surface area (Å²) in [7, 11) is 0. The van der Waals surface area contributed by atoms with Crippen LogP contribution in [0, 0.1) is 5.92 Å². The molecule has 0 spiro atoms. The van der Waals surface area contributed by atoms with Crippen LogP contribution in [0.3, 0.4) is 0 Å². The molecule has 2 aromatic rings. The van der Waals surface area contributed by atoms with Crippen LogP contribution in [-0.2, 0) is 11.8 Å². The third-order valence-corrected chi connectivity index (χ3v) is 6.12. The minimum atomic E-state index is -4.38. The fourth-order valence-electron chi connectivity index (χ4n) is 4.78. The highest BCUT2D eigenvalue weighted by molar-refractivity contribution is 5.44. The molecule has 1 aromatic carbocycles. The van der Waals surface area contributed by atoms with E-state index in [1.165, 1.54) is 6.07 Å².